The molecule has 0 spiro atoms. The quantitative estimate of drug-likeness (QED) is 0.841. The van der Waals surface area contributed by atoms with Gasteiger partial charge in [0.05, 0.1) is 30.9 Å². The van der Waals surface area contributed by atoms with Gasteiger partial charge >= 0.3 is 0 Å². The van der Waals surface area contributed by atoms with Gasteiger partial charge in [-0.2, -0.15) is 0 Å². The minimum absolute atomic E-state index is 0.401. The van der Waals surface area contributed by atoms with Gasteiger partial charge in [0.15, 0.2) is 0 Å². The summed E-state index contributed by atoms with van der Waals surface area (Å²) < 4.78 is 5.36. The van der Waals surface area contributed by atoms with Crippen LogP contribution in [-0.4, -0.2) is 21.6 Å². The van der Waals surface area contributed by atoms with Crippen LogP contribution < -0.4 is 10.5 Å². The molecular weight excluding hydrogens is 204 g/mol. The summed E-state index contributed by atoms with van der Waals surface area (Å²) >= 11 is 0. The van der Waals surface area contributed by atoms with Crippen LogP contribution in [0.2, 0.25) is 0 Å². The van der Waals surface area contributed by atoms with Gasteiger partial charge in [0.25, 0.3) is 0 Å². The maximum atomic E-state index is 5.47. The first-order valence-corrected chi connectivity index (χ1v) is 4.95. The Morgan fingerprint density at radius 3 is 2.75 bits per heavy atom. The van der Waals surface area contributed by atoms with Crippen molar-refractivity contribution >= 4 is 5.82 Å². The van der Waals surface area contributed by atoms with Crippen molar-refractivity contribution in [2.24, 2.45) is 0 Å². The van der Waals surface area contributed by atoms with E-state index in [0.717, 1.165) is 17.0 Å². The molecule has 0 unspecified atom stereocenters. The van der Waals surface area contributed by atoms with Crippen LogP contribution in [0.25, 0.3) is 11.3 Å². The summed E-state index contributed by atoms with van der Waals surface area (Å²) in [6.07, 6.45) is 6.51. The summed E-state index contributed by atoms with van der Waals surface area (Å²) in [4.78, 5) is 12.2. The number of rotatable bonds is 3. The Hall–Kier alpha value is -2.17. The molecule has 0 saturated heterocycles. The van der Waals surface area contributed by atoms with Crippen LogP contribution in [0.1, 0.15) is 6.92 Å². The summed E-state index contributed by atoms with van der Waals surface area (Å²) in [7, 11) is 0. The van der Waals surface area contributed by atoms with Crippen LogP contribution in [-0.2, 0) is 0 Å². The largest absolute Gasteiger partial charge is 0.492 e. The summed E-state index contributed by atoms with van der Waals surface area (Å²) in [6, 6.07) is 1.87. The molecule has 82 valence electrons. The Balaban J connectivity index is 2.32. The normalized spacial score (nSPS) is 10.1. The van der Waals surface area contributed by atoms with Crippen LogP contribution >= 0.6 is 0 Å². The number of ether oxygens (including phenoxy) is 1. The van der Waals surface area contributed by atoms with E-state index in [0.29, 0.717) is 12.4 Å². The molecule has 2 aromatic rings. The molecule has 16 heavy (non-hydrogen) atoms. The molecule has 5 heteroatoms. The molecule has 0 aliphatic rings. The van der Waals surface area contributed by atoms with E-state index < -0.39 is 0 Å². The zero-order chi connectivity index (χ0) is 11.4. The van der Waals surface area contributed by atoms with Gasteiger partial charge in [0.2, 0.25) is 0 Å². The van der Waals surface area contributed by atoms with E-state index in [-0.39, 0.29) is 0 Å². The van der Waals surface area contributed by atoms with Gasteiger partial charge in [-0.25, -0.2) is 4.98 Å². The van der Waals surface area contributed by atoms with E-state index in [4.69, 9.17) is 10.5 Å². The van der Waals surface area contributed by atoms with Crippen molar-refractivity contribution in [1.82, 2.24) is 15.0 Å². The third-order valence-corrected chi connectivity index (χ3v) is 1.99. The number of pyridine rings is 1. The highest BCUT2D eigenvalue weighted by molar-refractivity contribution is 5.59. The van der Waals surface area contributed by atoms with Crippen molar-refractivity contribution < 1.29 is 4.74 Å². The number of hydrogen-bond donors (Lipinski definition) is 1. The summed E-state index contributed by atoms with van der Waals surface area (Å²) in [5, 5.41) is 0. The predicted molar refractivity (Wildman–Crippen MR) is 60.8 cm³/mol. The highest BCUT2D eigenvalue weighted by Crippen LogP contribution is 2.20. The Kier molecular flexibility index (Phi) is 2.95. The summed E-state index contributed by atoms with van der Waals surface area (Å²) in [6.45, 7) is 2.54. The second-order valence-electron chi connectivity index (χ2n) is 3.17. The molecule has 0 amide bonds. The third kappa shape index (κ3) is 2.25. The van der Waals surface area contributed by atoms with Crippen LogP contribution in [0, 0.1) is 0 Å². The number of nitrogen functional groups attached to an aromatic ring is 1. The van der Waals surface area contributed by atoms with E-state index in [1.54, 1.807) is 18.6 Å². The van der Waals surface area contributed by atoms with E-state index >= 15 is 0 Å². The van der Waals surface area contributed by atoms with Crippen LogP contribution in [0.4, 0.5) is 5.82 Å². The Morgan fingerprint density at radius 1 is 1.19 bits per heavy atom. The summed E-state index contributed by atoms with van der Waals surface area (Å²) in [5.74, 6) is 1.12. The maximum Gasteiger partial charge on any atom is 0.141 e. The van der Waals surface area contributed by atoms with Gasteiger partial charge in [0.1, 0.15) is 11.6 Å². The molecule has 0 atom stereocenters. The zero-order valence-electron chi connectivity index (χ0n) is 8.92. The average molecular weight is 216 g/mol. The topological polar surface area (TPSA) is 73.9 Å². The lowest BCUT2D eigenvalue weighted by molar-refractivity contribution is 0.339. The average Bonchev–Trinajstić information content (AvgIpc) is 2.31. The number of aromatic nitrogens is 3. The van der Waals surface area contributed by atoms with E-state index in [1.165, 1.54) is 6.20 Å². The standard InChI is InChI=1S/C11H12N4O/c1-2-16-9-3-8(4-13-5-9)10-6-15-11(12)7-14-10/h3-7H,2H2,1H3,(H2,12,15). The second kappa shape index (κ2) is 4.57. The molecule has 2 N–H and O–H groups in total. The van der Waals surface area contributed by atoms with Gasteiger partial charge in [-0.1, -0.05) is 0 Å². The summed E-state index contributed by atoms with van der Waals surface area (Å²) in [5.41, 5.74) is 7.05. The number of hydrogen-bond acceptors (Lipinski definition) is 5. The fraction of sp³-hybridized carbons (Fsp3) is 0.182. The molecular formula is C11H12N4O. The Bertz CT molecular complexity index is 470. The van der Waals surface area contributed by atoms with Crippen molar-refractivity contribution in [3.8, 4) is 17.0 Å². The molecule has 0 aliphatic carbocycles. The lowest BCUT2D eigenvalue weighted by Crippen LogP contribution is -1.95. The van der Waals surface area contributed by atoms with Gasteiger partial charge in [-0.05, 0) is 13.0 Å². The first-order valence-electron chi connectivity index (χ1n) is 4.95. The minimum Gasteiger partial charge on any atom is -0.492 e. The van der Waals surface area contributed by atoms with Crippen molar-refractivity contribution in [2.75, 3.05) is 12.3 Å². The molecule has 2 rings (SSSR count). The highest BCUT2D eigenvalue weighted by atomic mass is 16.5. The third-order valence-electron chi connectivity index (χ3n) is 1.99. The van der Waals surface area contributed by atoms with E-state index in [2.05, 4.69) is 15.0 Å². The molecule has 2 aromatic heterocycles. The molecule has 2 heterocycles. The van der Waals surface area contributed by atoms with E-state index in [9.17, 15) is 0 Å². The molecule has 0 radical (unpaired) electrons. The first kappa shape index (κ1) is 10.4. The predicted octanol–water partition coefficient (Wildman–Crippen LogP) is 1.52. The van der Waals surface area contributed by atoms with Gasteiger partial charge in [0, 0.05) is 11.8 Å². The maximum absolute atomic E-state index is 5.47. The zero-order valence-corrected chi connectivity index (χ0v) is 8.92. The lowest BCUT2D eigenvalue weighted by atomic mass is 10.2. The van der Waals surface area contributed by atoms with Crippen LogP contribution in [0.3, 0.4) is 0 Å². The fourth-order valence-electron chi connectivity index (χ4n) is 1.29. The monoisotopic (exact) mass is 216 g/mol. The molecule has 0 saturated carbocycles. The van der Waals surface area contributed by atoms with Gasteiger partial charge < -0.3 is 10.5 Å². The highest BCUT2D eigenvalue weighted by Gasteiger charge is 2.02. The molecule has 0 aliphatic heterocycles. The molecule has 0 bridgehead atoms. The second-order valence-corrected chi connectivity index (χ2v) is 3.17. The van der Waals surface area contributed by atoms with Crippen LogP contribution in [0.15, 0.2) is 30.9 Å². The van der Waals surface area contributed by atoms with Crippen molar-refractivity contribution in [2.45, 2.75) is 6.92 Å². The van der Waals surface area contributed by atoms with Crippen LogP contribution in [0.5, 0.6) is 5.75 Å². The first-order chi connectivity index (χ1) is 7.79. The molecule has 0 fully saturated rings. The fourth-order valence-corrected chi connectivity index (χ4v) is 1.29. The van der Waals surface area contributed by atoms with E-state index in [1.807, 2.05) is 13.0 Å². The van der Waals surface area contributed by atoms with Crippen molar-refractivity contribution in [3.05, 3.63) is 30.9 Å². The Morgan fingerprint density at radius 2 is 2.06 bits per heavy atom. The smallest absolute Gasteiger partial charge is 0.141 e. The van der Waals surface area contributed by atoms with Crippen molar-refractivity contribution in [3.63, 3.8) is 0 Å². The van der Waals surface area contributed by atoms with Gasteiger partial charge in [-0.3, -0.25) is 9.97 Å². The Labute approximate surface area is 93.3 Å². The lowest BCUT2D eigenvalue weighted by Gasteiger charge is -2.04. The number of nitrogens with two attached hydrogens (primary N) is 1. The number of nitrogens with zero attached hydrogens (tertiary/aromatic N) is 3. The molecule has 5 nitrogen and oxygen atoms in total. The SMILES string of the molecule is CCOc1cncc(-c2cnc(N)cn2)c1. The number of anilines is 1. The van der Waals surface area contributed by atoms with Crippen molar-refractivity contribution in [1.29, 1.82) is 0 Å². The molecule has 0 aromatic carbocycles. The minimum atomic E-state index is 0.401. The van der Waals surface area contributed by atoms with Gasteiger partial charge in [-0.15, -0.1) is 0 Å².